The standard InChI is InChI=1S/C13H27NO3/c1-5-10-16-11-8-9-13(4,14-6-2)12(15)17-7-3/h14H,5-11H2,1-4H3. The molecule has 0 bridgehead atoms. The van der Waals surface area contributed by atoms with E-state index in [1.807, 2.05) is 20.8 Å². The van der Waals surface area contributed by atoms with Gasteiger partial charge in [0.25, 0.3) is 0 Å². The summed E-state index contributed by atoms with van der Waals surface area (Å²) >= 11 is 0. The van der Waals surface area contributed by atoms with E-state index < -0.39 is 5.54 Å². The van der Waals surface area contributed by atoms with E-state index in [9.17, 15) is 4.79 Å². The Kier molecular flexibility index (Phi) is 9.09. The van der Waals surface area contributed by atoms with Crippen molar-refractivity contribution in [2.24, 2.45) is 0 Å². The topological polar surface area (TPSA) is 47.6 Å². The number of carbonyl (C=O) groups excluding carboxylic acids is 1. The fourth-order valence-electron chi connectivity index (χ4n) is 1.72. The second-order valence-electron chi connectivity index (χ2n) is 4.30. The molecule has 0 amide bonds. The van der Waals surface area contributed by atoms with E-state index in [2.05, 4.69) is 12.2 Å². The molecule has 0 aliphatic rings. The fraction of sp³-hybridized carbons (Fsp3) is 0.923. The molecule has 0 saturated carbocycles. The number of ether oxygens (including phenoxy) is 2. The predicted molar refractivity (Wildman–Crippen MR) is 69.1 cm³/mol. The third-order valence-corrected chi connectivity index (χ3v) is 2.61. The quantitative estimate of drug-likeness (QED) is 0.473. The Hall–Kier alpha value is -0.610. The molecule has 1 N–H and O–H groups in total. The van der Waals surface area contributed by atoms with E-state index >= 15 is 0 Å². The van der Waals surface area contributed by atoms with Gasteiger partial charge in [-0.15, -0.1) is 0 Å². The van der Waals surface area contributed by atoms with Crippen molar-refractivity contribution >= 4 is 5.97 Å². The van der Waals surface area contributed by atoms with Crippen LogP contribution >= 0.6 is 0 Å². The molecule has 0 aromatic rings. The number of carbonyl (C=O) groups is 1. The van der Waals surface area contributed by atoms with Gasteiger partial charge in [0, 0.05) is 13.2 Å². The average molecular weight is 245 g/mol. The first-order valence-electron chi connectivity index (χ1n) is 6.60. The Balaban J connectivity index is 4.07. The molecule has 1 atom stereocenters. The molecule has 0 saturated heterocycles. The molecule has 0 rings (SSSR count). The van der Waals surface area contributed by atoms with Crippen molar-refractivity contribution in [3.63, 3.8) is 0 Å². The van der Waals surface area contributed by atoms with Gasteiger partial charge in [-0.2, -0.15) is 0 Å². The third-order valence-electron chi connectivity index (χ3n) is 2.61. The molecule has 0 heterocycles. The molecule has 0 aliphatic heterocycles. The van der Waals surface area contributed by atoms with Crippen LogP contribution in [0.15, 0.2) is 0 Å². The molecule has 1 unspecified atom stereocenters. The second kappa shape index (κ2) is 9.42. The van der Waals surface area contributed by atoms with Crippen LogP contribution in [0.1, 0.15) is 47.0 Å². The Bertz CT molecular complexity index is 209. The van der Waals surface area contributed by atoms with Crippen molar-refractivity contribution in [3.05, 3.63) is 0 Å². The molecule has 102 valence electrons. The van der Waals surface area contributed by atoms with Gasteiger partial charge in [-0.1, -0.05) is 13.8 Å². The highest BCUT2D eigenvalue weighted by molar-refractivity contribution is 5.80. The van der Waals surface area contributed by atoms with Crippen LogP contribution < -0.4 is 5.32 Å². The zero-order valence-corrected chi connectivity index (χ0v) is 11.7. The molecule has 0 spiro atoms. The summed E-state index contributed by atoms with van der Waals surface area (Å²) in [5.74, 6) is -0.169. The first-order chi connectivity index (χ1) is 8.10. The summed E-state index contributed by atoms with van der Waals surface area (Å²) in [6.07, 6.45) is 2.63. The van der Waals surface area contributed by atoms with Gasteiger partial charge in [0.15, 0.2) is 0 Å². The summed E-state index contributed by atoms with van der Waals surface area (Å²) in [5, 5.41) is 3.20. The summed E-state index contributed by atoms with van der Waals surface area (Å²) in [4.78, 5) is 11.8. The maximum atomic E-state index is 11.8. The van der Waals surface area contributed by atoms with E-state index in [1.54, 1.807) is 0 Å². The van der Waals surface area contributed by atoms with Crippen LogP contribution in [0, 0.1) is 0 Å². The molecule has 0 aliphatic carbocycles. The zero-order chi connectivity index (χ0) is 13.1. The van der Waals surface area contributed by atoms with Crippen LogP contribution in [-0.4, -0.2) is 37.9 Å². The average Bonchev–Trinajstić information content (AvgIpc) is 2.29. The van der Waals surface area contributed by atoms with Crippen LogP contribution in [0.4, 0.5) is 0 Å². The smallest absolute Gasteiger partial charge is 0.326 e. The Morgan fingerprint density at radius 1 is 1.24 bits per heavy atom. The molecule has 17 heavy (non-hydrogen) atoms. The molecule has 0 aromatic heterocycles. The zero-order valence-electron chi connectivity index (χ0n) is 11.7. The summed E-state index contributed by atoms with van der Waals surface area (Å²) in [5.41, 5.74) is -0.583. The fourth-order valence-corrected chi connectivity index (χ4v) is 1.72. The van der Waals surface area contributed by atoms with Crippen molar-refractivity contribution in [1.82, 2.24) is 5.32 Å². The van der Waals surface area contributed by atoms with Crippen LogP contribution in [0.5, 0.6) is 0 Å². The van der Waals surface area contributed by atoms with Gasteiger partial charge in [0.05, 0.1) is 6.61 Å². The van der Waals surface area contributed by atoms with Gasteiger partial charge in [-0.05, 0) is 39.7 Å². The van der Waals surface area contributed by atoms with E-state index in [0.29, 0.717) is 13.2 Å². The number of hydrogen-bond donors (Lipinski definition) is 1. The van der Waals surface area contributed by atoms with Crippen LogP contribution in [-0.2, 0) is 14.3 Å². The van der Waals surface area contributed by atoms with Gasteiger partial charge in [-0.3, -0.25) is 4.79 Å². The minimum Gasteiger partial charge on any atom is -0.465 e. The molecule has 0 aromatic carbocycles. The Morgan fingerprint density at radius 2 is 1.94 bits per heavy atom. The van der Waals surface area contributed by atoms with Crippen LogP contribution in [0.25, 0.3) is 0 Å². The van der Waals surface area contributed by atoms with Crippen LogP contribution in [0.3, 0.4) is 0 Å². The highest BCUT2D eigenvalue weighted by Crippen LogP contribution is 2.14. The second-order valence-corrected chi connectivity index (χ2v) is 4.30. The summed E-state index contributed by atoms with van der Waals surface area (Å²) in [6, 6.07) is 0. The highest BCUT2D eigenvalue weighted by atomic mass is 16.5. The van der Waals surface area contributed by atoms with Crippen LogP contribution in [0.2, 0.25) is 0 Å². The lowest BCUT2D eigenvalue weighted by Crippen LogP contribution is -2.50. The number of nitrogens with one attached hydrogen (secondary N) is 1. The first kappa shape index (κ1) is 16.4. The SMILES string of the molecule is CCCOCCCC(C)(NCC)C(=O)OCC. The molecule has 4 heteroatoms. The molecule has 0 radical (unpaired) electrons. The van der Waals surface area contributed by atoms with E-state index in [0.717, 1.165) is 32.4 Å². The molecule has 4 nitrogen and oxygen atoms in total. The summed E-state index contributed by atoms with van der Waals surface area (Å²) in [7, 11) is 0. The molecular weight excluding hydrogens is 218 g/mol. The minimum absolute atomic E-state index is 0.169. The first-order valence-corrected chi connectivity index (χ1v) is 6.60. The number of rotatable bonds is 10. The number of esters is 1. The summed E-state index contributed by atoms with van der Waals surface area (Å²) in [6.45, 7) is 10.5. The number of hydrogen-bond acceptors (Lipinski definition) is 4. The lowest BCUT2D eigenvalue weighted by atomic mass is 9.96. The monoisotopic (exact) mass is 245 g/mol. The van der Waals surface area contributed by atoms with E-state index in [-0.39, 0.29) is 5.97 Å². The van der Waals surface area contributed by atoms with Crippen molar-refractivity contribution in [2.75, 3.05) is 26.4 Å². The van der Waals surface area contributed by atoms with Crippen molar-refractivity contribution in [2.45, 2.75) is 52.5 Å². The maximum absolute atomic E-state index is 11.8. The third kappa shape index (κ3) is 6.64. The van der Waals surface area contributed by atoms with Crippen molar-refractivity contribution in [1.29, 1.82) is 0 Å². The highest BCUT2D eigenvalue weighted by Gasteiger charge is 2.32. The van der Waals surface area contributed by atoms with E-state index in [4.69, 9.17) is 9.47 Å². The van der Waals surface area contributed by atoms with Crippen molar-refractivity contribution in [3.8, 4) is 0 Å². The lowest BCUT2D eigenvalue weighted by Gasteiger charge is -2.28. The van der Waals surface area contributed by atoms with Gasteiger partial charge in [-0.25, -0.2) is 0 Å². The van der Waals surface area contributed by atoms with Gasteiger partial charge >= 0.3 is 5.97 Å². The Labute approximate surface area is 105 Å². The van der Waals surface area contributed by atoms with Gasteiger partial charge in [0.2, 0.25) is 0 Å². The van der Waals surface area contributed by atoms with Gasteiger partial charge in [0.1, 0.15) is 5.54 Å². The van der Waals surface area contributed by atoms with Gasteiger partial charge < -0.3 is 14.8 Å². The van der Waals surface area contributed by atoms with E-state index in [1.165, 1.54) is 0 Å². The summed E-state index contributed by atoms with van der Waals surface area (Å²) < 4.78 is 10.5. The number of likely N-dealkylation sites (N-methyl/N-ethyl adjacent to an activating group) is 1. The molecule has 0 fully saturated rings. The molecular formula is C13H27NO3. The predicted octanol–water partition coefficient (Wildman–Crippen LogP) is 2.12. The normalized spacial score (nSPS) is 14.4. The maximum Gasteiger partial charge on any atom is 0.326 e. The minimum atomic E-state index is -0.583. The lowest BCUT2D eigenvalue weighted by molar-refractivity contribution is -0.151. The largest absolute Gasteiger partial charge is 0.465 e. The Morgan fingerprint density at radius 3 is 2.47 bits per heavy atom. The van der Waals surface area contributed by atoms with Crippen molar-refractivity contribution < 1.29 is 14.3 Å².